The lowest BCUT2D eigenvalue weighted by molar-refractivity contribution is -0.136. The summed E-state index contributed by atoms with van der Waals surface area (Å²) in [6, 6.07) is 18.0. The van der Waals surface area contributed by atoms with E-state index < -0.39 is 29.7 Å². The van der Waals surface area contributed by atoms with Gasteiger partial charge in [0.15, 0.2) is 0 Å². The molecule has 3 fully saturated rings. The van der Waals surface area contributed by atoms with Crippen molar-refractivity contribution in [1.29, 1.82) is 5.26 Å². The summed E-state index contributed by atoms with van der Waals surface area (Å²) in [4.78, 5) is 69.3. The molecule has 4 aliphatic heterocycles. The maximum atomic E-state index is 13.4. The Morgan fingerprint density at radius 2 is 1.54 bits per heavy atom. The molecule has 12 nitrogen and oxygen atoms in total. The van der Waals surface area contributed by atoms with Crippen LogP contribution in [0.1, 0.15) is 99.1 Å². The number of hydrogen-bond donors (Lipinski definition) is 2. The van der Waals surface area contributed by atoms with Gasteiger partial charge in [-0.05, 0) is 111 Å². The van der Waals surface area contributed by atoms with E-state index in [1.54, 1.807) is 30.3 Å². The van der Waals surface area contributed by atoms with Crippen molar-refractivity contribution in [2.45, 2.75) is 82.6 Å². The van der Waals surface area contributed by atoms with Crippen molar-refractivity contribution >= 4 is 46.8 Å². The summed E-state index contributed by atoms with van der Waals surface area (Å²) < 4.78 is 6.13. The summed E-state index contributed by atoms with van der Waals surface area (Å²) >= 11 is 6.16. The molecule has 1 aliphatic carbocycles. The van der Waals surface area contributed by atoms with Crippen LogP contribution in [0.3, 0.4) is 0 Å². The van der Waals surface area contributed by atoms with Crippen LogP contribution in [0.4, 0.5) is 5.69 Å². The predicted octanol–water partition coefficient (Wildman–Crippen LogP) is 5.28. The highest BCUT2D eigenvalue weighted by Gasteiger charge is 2.45. The third-order valence-electron chi connectivity index (χ3n) is 11.5. The summed E-state index contributed by atoms with van der Waals surface area (Å²) in [5.41, 5.74) is 4.78. The number of nitriles is 1. The Kier molecular flexibility index (Phi) is 9.85. The number of fused-ring (bicyclic) bond motifs is 2. The maximum absolute atomic E-state index is 13.4. The molecule has 5 aliphatic rings. The molecule has 4 heterocycles. The summed E-state index contributed by atoms with van der Waals surface area (Å²) in [5.74, 6) is -0.806. The number of anilines is 1. The van der Waals surface area contributed by atoms with Gasteiger partial charge < -0.3 is 15.0 Å². The first-order valence-corrected chi connectivity index (χ1v) is 19.1. The molecular formula is C41H41ClN6O6. The number of rotatable bonds is 8. The average molecular weight is 749 g/mol. The van der Waals surface area contributed by atoms with Gasteiger partial charge >= 0.3 is 0 Å². The lowest BCUT2D eigenvalue weighted by atomic mass is 9.92. The Morgan fingerprint density at radius 3 is 2.15 bits per heavy atom. The Balaban J connectivity index is 0.779. The van der Waals surface area contributed by atoms with Crippen LogP contribution in [0.2, 0.25) is 5.02 Å². The summed E-state index contributed by atoms with van der Waals surface area (Å²) in [7, 11) is 0. The van der Waals surface area contributed by atoms with E-state index in [1.165, 1.54) is 0 Å². The second-order valence-corrected chi connectivity index (χ2v) is 15.5. The molecule has 54 heavy (non-hydrogen) atoms. The monoisotopic (exact) mass is 748 g/mol. The molecule has 0 radical (unpaired) electrons. The quantitative estimate of drug-likeness (QED) is 0.293. The molecule has 8 rings (SSSR count). The van der Waals surface area contributed by atoms with Crippen LogP contribution in [0.25, 0.3) is 0 Å². The zero-order chi connectivity index (χ0) is 37.5. The molecule has 2 saturated heterocycles. The van der Waals surface area contributed by atoms with Gasteiger partial charge in [-0.1, -0.05) is 11.6 Å². The molecule has 13 heteroatoms. The molecule has 0 aromatic heterocycles. The van der Waals surface area contributed by atoms with E-state index in [-0.39, 0.29) is 24.9 Å². The first kappa shape index (κ1) is 35.8. The number of nitrogens with one attached hydrogen (secondary N) is 2. The van der Waals surface area contributed by atoms with Crippen molar-refractivity contribution in [2.24, 2.45) is 5.92 Å². The standard InChI is InChI=1S/C41H41ClN6O6/c42-35-19-32(8-3-26(35)20-43)54-31-9-6-30(7-10-31)44-29-4-1-25(2-5-29)39(51)47-15-13-24(14-16-47)21-46-22-27-17-33-34(18-28(27)23-46)41(53)48(40(33)52)36-11-12-37(49)45-38(36)50/h1-5,8,17-19,24,30-31,36,44H,6-7,9-16,21-23H2,(H,45,49,50)/t30-,31-,36?. The Hall–Kier alpha value is -5.25. The highest BCUT2D eigenvalue weighted by atomic mass is 35.5. The number of hydrogen-bond acceptors (Lipinski definition) is 9. The van der Waals surface area contributed by atoms with E-state index in [0.29, 0.717) is 71.2 Å². The van der Waals surface area contributed by atoms with Crippen LogP contribution < -0.4 is 15.4 Å². The van der Waals surface area contributed by atoms with Gasteiger partial charge in [0.25, 0.3) is 17.7 Å². The molecule has 0 spiro atoms. The number of benzene rings is 3. The lowest BCUT2D eigenvalue weighted by Gasteiger charge is -2.34. The number of piperidine rings is 2. The zero-order valence-corrected chi connectivity index (χ0v) is 30.6. The van der Waals surface area contributed by atoms with Crippen LogP contribution in [0.15, 0.2) is 54.6 Å². The maximum Gasteiger partial charge on any atom is 0.262 e. The van der Waals surface area contributed by atoms with Crippen LogP contribution in [0.5, 0.6) is 5.75 Å². The van der Waals surface area contributed by atoms with E-state index in [9.17, 15) is 24.0 Å². The zero-order valence-electron chi connectivity index (χ0n) is 29.8. The summed E-state index contributed by atoms with van der Waals surface area (Å²) in [6.45, 7) is 3.59. The Bertz CT molecular complexity index is 2020. The van der Waals surface area contributed by atoms with E-state index in [2.05, 4.69) is 21.6 Å². The molecule has 0 bridgehead atoms. The normalized spacial score (nSPS) is 23.1. The fraction of sp³-hybridized carbons (Fsp3) is 0.415. The predicted molar refractivity (Wildman–Crippen MR) is 199 cm³/mol. The molecule has 1 atom stereocenters. The van der Waals surface area contributed by atoms with E-state index in [0.717, 1.165) is 66.8 Å². The average Bonchev–Trinajstić information content (AvgIpc) is 3.67. The number of carbonyl (C=O) groups is 5. The van der Waals surface area contributed by atoms with Crippen molar-refractivity contribution in [3.8, 4) is 11.8 Å². The highest BCUT2D eigenvalue weighted by Crippen LogP contribution is 2.35. The van der Waals surface area contributed by atoms with E-state index >= 15 is 0 Å². The first-order chi connectivity index (χ1) is 26.1. The number of likely N-dealkylation sites (tertiary alicyclic amines) is 1. The molecule has 3 aromatic rings. The van der Waals surface area contributed by atoms with Gasteiger partial charge in [-0.3, -0.25) is 39.1 Å². The fourth-order valence-corrected chi connectivity index (χ4v) is 8.77. The molecule has 278 valence electrons. The molecule has 1 unspecified atom stereocenters. The topological polar surface area (TPSA) is 152 Å². The van der Waals surface area contributed by atoms with Crippen molar-refractivity contribution in [2.75, 3.05) is 25.0 Å². The van der Waals surface area contributed by atoms with Gasteiger partial charge in [-0.2, -0.15) is 5.26 Å². The second kappa shape index (κ2) is 14.9. The molecule has 1 saturated carbocycles. The number of amides is 5. The van der Waals surface area contributed by atoms with Crippen LogP contribution >= 0.6 is 11.6 Å². The van der Waals surface area contributed by atoms with E-state index in [1.807, 2.05) is 29.2 Å². The second-order valence-electron chi connectivity index (χ2n) is 15.1. The van der Waals surface area contributed by atoms with Gasteiger partial charge in [-0.25, -0.2) is 0 Å². The lowest BCUT2D eigenvalue weighted by Crippen LogP contribution is -2.54. The molecule has 5 amide bonds. The number of nitrogens with zero attached hydrogens (tertiary/aromatic N) is 4. The third-order valence-corrected chi connectivity index (χ3v) is 11.8. The van der Waals surface area contributed by atoms with Crippen molar-refractivity contribution < 1.29 is 28.7 Å². The number of imide groups is 2. The van der Waals surface area contributed by atoms with Gasteiger partial charge in [0, 0.05) is 62.5 Å². The Labute approximate surface area is 318 Å². The molecule has 2 N–H and O–H groups in total. The third kappa shape index (κ3) is 7.18. The minimum Gasteiger partial charge on any atom is -0.490 e. The van der Waals surface area contributed by atoms with Crippen LogP contribution in [0, 0.1) is 17.2 Å². The molecule has 3 aromatic carbocycles. The minimum absolute atomic E-state index is 0.0457. The first-order valence-electron chi connectivity index (χ1n) is 18.8. The van der Waals surface area contributed by atoms with Gasteiger partial charge in [-0.15, -0.1) is 0 Å². The molecular weight excluding hydrogens is 708 g/mol. The van der Waals surface area contributed by atoms with Crippen LogP contribution in [-0.4, -0.2) is 82.1 Å². The van der Waals surface area contributed by atoms with E-state index in [4.69, 9.17) is 21.6 Å². The highest BCUT2D eigenvalue weighted by molar-refractivity contribution is 6.31. The number of carbonyl (C=O) groups excluding carboxylic acids is 5. The SMILES string of the molecule is N#Cc1ccc(O[C@H]2CC[C@H](Nc3ccc(C(=O)N4CCC(CN5Cc6cc7c(cc6C5)C(=O)N(C5CCC(=O)NC5=O)C7=O)CC4)cc3)CC2)cc1Cl. The Morgan fingerprint density at radius 1 is 0.870 bits per heavy atom. The minimum atomic E-state index is -0.970. The van der Waals surface area contributed by atoms with Crippen molar-refractivity contribution in [3.63, 3.8) is 0 Å². The van der Waals surface area contributed by atoms with Gasteiger partial charge in [0.2, 0.25) is 11.8 Å². The van der Waals surface area contributed by atoms with Crippen molar-refractivity contribution in [3.05, 3.63) is 93.0 Å². The smallest absolute Gasteiger partial charge is 0.262 e. The van der Waals surface area contributed by atoms with Crippen LogP contribution in [-0.2, 0) is 22.7 Å². The summed E-state index contributed by atoms with van der Waals surface area (Å²) in [5, 5.41) is 15.3. The van der Waals surface area contributed by atoms with Crippen molar-refractivity contribution in [1.82, 2.24) is 20.0 Å². The van der Waals surface area contributed by atoms with Gasteiger partial charge in [0.05, 0.1) is 27.8 Å². The van der Waals surface area contributed by atoms with Gasteiger partial charge in [0.1, 0.15) is 17.9 Å². The summed E-state index contributed by atoms with van der Waals surface area (Å²) in [6.07, 6.45) is 5.86. The fourth-order valence-electron chi connectivity index (χ4n) is 8.56. The largest absolute Gasteiger partial charge is 0.490 e. The number of ether oxygens (including phenoxy) is 1. The number of halogens is 1.